The van der Waals surface area contributed by atoms with Crippen LogP contribution in [0.4, 0.5) is 0 Å². The molecule has 94 valence electrons. The maximum absolute atomic E-state index is 11.4. The van der Waals surface area contributed by atoms with Crippen LogP contribution in [0.3, 0.4) is 0 Å². The van der Waals surface area contributed by atoms with Crippen LogP contribution in [0.1, 0.15) is 51.6 Å². The number of hydrogen-bond donors (Lipinski definition) is 1. The topological polar surface area (TPSA) is 46.9 Å². The van der Waals surface area contributed by atoms with Gasteiger partial charge in [0, 0.05) is 24.2 Å². The van der Waals surface area contributed by atoms with Gasteiger partial charge in [0.2, 0.25) is 5.91 Å². The highest BCUT2D eigenvalue weighted by Crippen LogP contribution is 2.27. The summed E-state index contributed by atoms with van der Waals surface area (Å²) in [4.78, 5) is 11.4. The monoisotopic (exact) mass is 235 g/mol. The van der Waals surface area contributed by atoms with E-state index >= 15 is 0 Å². The van der Waals surface area contributed by atoms with Gasteiger partial charge < -0.3 is 5.32 Å². The smallest absolute Gasteiger partial charge is 0.220 e. The van der Waals surface area contributed by atoms with Gasteiger partial charge in [-0.3, -0.25) is 9.48 Å². The number of rotatable bonds is 4. The second kappa shape index (κ2) is 4.51. The van der Waals surface area contributed by atoms with Crippen LogP contribution in [0.15, 0.2) is 12.4 Å². The fourth-order valence-electron chi connectivity index (χ4n) is 2.44. The second-order valence-electron chi connectivity index (χ2n) is 5.28. The highest BCUT2D eigenvalue weighted by molar-refractivity contribution is 5.79. The predicted octanol–water partition coefficient (Wildman–Crippen LogP) is 2.07. The van der Waals surface area contributed by atoms with Crippen molar-refractivity contribution in [1.29, 1.82) is 0 Å². The third-order valence-electron chi connectivity index (χ3n) is 3.64. The number of hydrogen-bond acceptors (Lipinski definition) is 2. The lowest BCUT2D eigenvalue weighted by Crippen LogP contribution is -2.42. The van der Waals surface area contributed by atoms with Crippen LogP contribution >= 0.6 is 0 Å². The molecule has 0 radical (unpaired) electrons. The quantitative estimate of drug-likeness (QED) is 0.868. The Morgan fingerprint density at radius 1 is 1.59 bits per heavy atom. The minimum absolute atomic E-state index is 0.0398. The number of nitrogens with zero attached hydrogens (tertiary/aromatic N) is 2. The molecule has 0 aromatic carbocycles. The van der Waals surface area contributed by atoms with Gasteiger partial charge in [-0.1, -0.05) is 6.92 Å². The molecule has 1 unspecified atom stereocenters. The van der Waals surface area contributed by atoms with Gasteiger partial charge in [0.05, 0.1) is 6.20 Å². The first-order valence-electron chi connectivity index (χ1n) is 6.39. The summed E-state index contributed by atoms with van der Waals surface area (Å²) in [5, 5.41) is 7.47. The Kier molecular flexibility index (Phi) is 3.22. The molecule has 17 heavy (non-hydrogen) atoms. The van der Waals surface area contributed by atoms with Crippen LogP contribution in [-0.4, -0.2) is 21.2 Å². The Bertz CT molecular complexity index is 411. The van der Waals surface area contributed by atoms with E-state index in [9.17, 15) is 4.79 Å². The van der Waals surface area contributed by atoms with E-state index in [0.717, 1.165) is 19.3 Å². The number of carbonyl (C=O) groups excluding carboxylic acids is 1. The molecule has 0 spiro atoms. The molecule has 1 aromatic heterocycles. The van der Waals surface area contributed by atoms with Gasteiger partial charge in [-0.05, 0) is 38.7 Å². The van der Waals surface area contributed by atoms with Crippen LogP contribution in [0.2, 0.25) is 0 Å². The molecule has 1 amide bonds. The molecule has 2 heterocycles. The van der Waals surface area contributed by atoms with E-state index in [2.05, 4.69) is 37.4 Å². The average molecular weight is 235 g/mol. The van der Waals surface area contributed by atoms with E-state index in [1.807, 2.05) is 10.9 Å². The maximum Gasteiger partial charge on any atom is 0.220 e. The van der Waals surface area contributed by atoms with Crippen LogP contribution in [0.5, 0.6) is 0 Å². The molecule has 1 atom stereocenters. The largest absolute Gasteiger partial charge is 0.350 e. The molecule has 1 aliphatic heterocycles. The van der Waals surface area contributed by atoms with E-state index in [4.69, 9.17) is 0 Å². The third-order valence-corrected chi connectivity index (χ3v) is 3.64. The van der Waals surface area contributed by atoms with Crippen LogP contribution in [0, 0.1) is 0 Å². The third kappa shape index (κ3) is 2.51. The summed E-state index contributed by atoms with van der Waals surface area (Å²) in [7, 11) is 0. The van der Waals surface area contributed by atoms with Crippen molar-refractivity contribution in [2.45, 2.75) is 58.0 Å². The molecule has 0 saturated carbocycles. The van der Waals surface area contributed by atoms with Gasteiger partial charge in [0.15, 0.2) is 0 Å². The van der Waals surface area contributed by atoms with Gasteiger partial charge in [-0.15, -0.1) is 0 Å². The fourth-order valence-corrected chi connectivity index (χ4v) is 2.44. The Labute approximate surface area is 102 Å². The van der Waals surface area contributed by atoms with Gasteiger partial charge in [0.25, 0.3) is 0 Å². The molecule has 4 nitrogen and oxygen atoms in total. The Morgan fingerprint density at radius 2 is 2.35 bits per heavy atom. The maximum atomic E-state index is 11.4. The molecule has 1 aliphatic rings. The summed E-state index contributed by atoms with van der Waals surface area (Å²) in [6.07, 6.45) is 7.48. The number of nitrogens with one attached hydrogen (secondary N) is 1. The molecule has 1 aromatic rings. The van der Waals surface area contributed by atoms with Crippen molar-refractivity contribution in [2.75, 3.05) is 0 Å². The minimum Gasteiger partial charge on any atom is -0.350 e. The van der Waals surface area contributed by atoms with Crippen molar-refractivity contribution in [3.05, 3.63) is 18.0 Å². The molecule has 2 rings (SSSR count). The fraction of sp³-hybridized carbons (Fsp3) is 0.692. The van der Waals surface area contributed by atoms with Crippen molar-refractivity contribution in [1.82, 2.24) is 15.1 Å². The van der Waals surface area contributed by atoms with Crippen molar-refractivity contribution < 1.29 is 4.79 Å². The van der Waals surface area contributed by atoms with Crippen LogP contribution in [0.25, 0.3) is 0 Å². The Hall–Kier alpha value is -1.32. The van der Waals surface area contributed by atoms with E-state index in [1.54, 1.807) is 0 Å². The lowest BCUT2D eigenvalue weighted by molar-refractivity contribution is -0.119. The summed E-state index contributed by atoms with van der Waals surface area (Å²) in [6, 6.07) is 0.388. The standard InChI is InChI=1S/C13H21N3O/c1-4-13(6-5-12(17)15-13)7-11-8-14-16(9-11)10(2)3/h8-10H,4-7H2,1-3H3,(H,15,17). The SMILES string of the molecule is CCC1(Cc2cnn(C(C)C)c2)CCC(=O)N1. The average Bonchev–Trinajstić information content (AvgIpc) is 2.87. The molecule has 4 heteroatoms. The summed E-state index contributed by atoms with van der Waals surface area (Å²) in [6.45, 7) is 6.37. The zero-order valence-corrected chi connectivity index (χ0v) is 10.9. The molecule has 1 saturated heterocycles. The van der Waals surface area contributed by atoms with Crippen molar-refractivity contribution in [2.24, 2.45) is 0 Å². The zero-order chi connectivity index (χ0) is 12.5. The first-order valence-corrected chi connectivity index (χ1v) is 6.39. The summed E-state index contributed by atoms with van der Waals surface area (Å²) >= 11 is 0. The first kappa shape index (κ1) is 12.1. The molecular weight excluding hydrogens is 214 g/mol. The molecule has 1 fully saturated rings. The van der Waals surface area contributed by atoms with E-state index < -0.39 is 0 Å². The van der Waals surface area contributed by atoms with E-state index in [1.165, 1.54) is 5.56 Å². The number of carbonyl (C=O) groups is 1. The molecule has 1 N–H and O–H groups in total. The van der Waals surface area contributed by atoms with Crippen LogP contribution in [-0.2, 0) is 11.2 Å². The van der Waals surface area contributed by atoms with Gasteiger partial charge in [-0.2, -0.15) is 5.10 Å². The Balaban J connectivity index is 2.10. The number of aromatic nitrogens is 2. The lowest BCUT2D eigenvalue weighted by atomic mass is 9.88. The minimum atomic E-state index is -0.0398. The van der Waals surface area contributed by atoms with Gasteiger partial charge >= 0.3 is 0 Å². The predicted molar refractivity (Wildman–Crippen MR) is 66.7 cm³/mol. The van der Waals surface area contributed by atoms with Crippen molar-refractivity contribution in [3.63, 3.8) is 0 Å². The summed E-state index contributed by atoms with van der Waals surface area (Å²) < 4.78 is 1.97. The molecule has 0 aliphatic carbocycles. The first-order chi connectivity index (χ1) is 8.04. The second-order valence-corrected chi connectivity index (χ2v) is 5.28. The molecule has 0 bridgehead atoms. The van der Waals surface area contributed by atoms with Crippen molar-refractivity contribution in [3.8, 4) is 0 Å². The van der Waals surface area contributed by atoms with Crippen molar-refractivity contribution >= 4 is 5.91 Å². The lowest BCUT2D eigenvalue weighted by Gasteiger charge is -2.27. The zero-order valence-electron chi connectivity index (χ0n) is 10.9. The van der Waals surface area contributed by atoms with E-state index in [0.29, 0.717) is 12.5 Å². The normalized spacial score (nSPS) is 24.4. The summed E-state index contributed by atoms with van der Waals surface area (Å²) in [5.41, 5.74) is 1.17. The highest BCUT2D eigenvalue weighted by Gasteiger charge is 2.36. The van der Waals surface area contributed by atoms with E-state index in [-0.39, 0.29) is 11.4 Å². The van der Waals surface area contributed by atoms with Gasteiger partial charge in [0.1, 0.15) is 0 Å². The Morgan fingerprint density at radius 3 is 2.82 bits per heavy atom. The molecular formula is C13H21N3O. The van der Waals surface area contributed by atoms with Gasteiger partial charge in [-0.25, -0.2) is 0 Å². The highest BCUT2D eigenvalue weighted by atomic mass is 16.2. The number of amides is 1. The van der Waals surface area contributed by atoms with Crippen LogP contribution < -0.4 is 5.32 Å². The summed E-state index contributed by atoms with van der Waals surface area (Å²) in [5.74, 6) is 0.183.